The second-order valence-electron chi connectivity index (χ2n) is 6.90. The Balaban J connectivity index is 1.69. The lowest BCUT2D eigenvalue weighted by atomic mass is 9.79. The van der Waals surface area contributed by atoms with Gasteiger partial charge in [-0.05, 0) is 31.2 Å². The van der Waals surface area contributed by atoms with Crippen LogP contribution in [-0.2, 0) is 20.5 Å². The molecule has 1 amide bonds. The van der Waals surface area contributed by atoms with Crippen LogP contribution in [0.3, 0.4) is 0 Å². The molecular formula is C19H22ClNO4S2. The molecule has 27 heavy (non-hydrogen) atoms. The average Bonchev–Trinajstić information content (AvgIpc) is 2.84. The molecule has 8 heteroatoms. The van der Waals surface area contributed by atoms with Crippen molar-refractivity contribution in [2.24, 2.45) is 11.8 Å². The van der Waals surface area contributed by atoms with Gasteiger partial charge < -0.3 is 19.9 Å². The molecule has 4 unspecified atom stereocenters. The Kier molecular flexibility index (Phi) is 6.15. The van der Waals surface area contributed by atoms with E-state index in [0.29, 0.717) is 9.93 Å². The zero-order valence-electron chi connectivity index (χ0n) is 15.3. The van der Waals surface area contributed by atoms with Crippen LogP contribution in [0.5, 0.6) is 0 Å². The average molecular weight is 428 g/mol. The number of aliphatic hydroxyl groups excluding tert-OH is 1. The molecule has 2 aliphatic heterocycles. The lowest BCUT2D eigenvalue weighted by molar-refractivity contribution is -0.301. The zero-order valence-corrected chi connectivity index (χ0v) is 17.7. The summed E-state index contributed by atoms with van der Waals surface area (Å²) in [5, 5.41) is 22.2. The van der Waals surface area contributed by atoms with Gasteiger partial charge in [-0.15, -0.1) is 11.8 Å². The molecule has 1 fully saturated rings. The van der Waals surface area contributed by atoms with Gasteiger partial charge in [0.1, 0.15) is 12.0 Å². The number of benzene rings is 1. The van der Waals surface area contributed by atoms with E-state index in [1.807, 2.05) is 31.2 Å². The number of nitrogens with zero attached hydrogens (tertiary/aromatic N) is 1. The number of β-lactam (4-membered cyclic amide) rings is 1. The van der Waals surface area contributed by atoms with Crippen LogP contribution >= 0.6 is 23.4 Å². The molecule has 146 valence electrons. The maximum absolute atomic E-state index is 12.3. The van der Waals surface area contributed by atoms with Crippen LogP contribution in [0.15, 0.2) is 39.8 Å². The summed E-state index contributed by atoms with van der Waals surface area (Å²) in [5.41, 5.74) is -0.0121. The normalized spacial score (nSPS) is 26.6. The Morgan fingerprint density at radius 3 is 2.59 bits per heavy atom. The Hall–Kier alpha value is -1.15. The first-order valence-electron chi connectivity index (χ1n) is 8.71. The van der Waals surface area contributed by atoms with Crippen LogP contribution in [0, 0.1) is 11.8 Å². The second kappa shape index (κ2) is 8.07. The maximum atomic E-state index is 12.3. The van der Waals surface area contributed by atoms with Gasteiger partial charge >= 0.3 is 0 Å². The van der Waals surface area contributed by atoms with E-state index in [1.165, 1.54) is 21.6 Å². The highest BCUT2D eigenvalue weighted by Gasteiger charge is 2.58. The van der Waals surface area contributed by atoms with Gasteiger partial charge in [0.2, 0.25) is 5.91 Å². The molecule has 5 atom stereocenters. The van der Waals surface area contributed by atoms with Crippen molar-refractivity contribution < 1.29 is 19.8 Å². The number of carboxylic acids is 1. The van der Waals surface area contributed by atoms with Crippen molar-refractivity contribution in [3.63, 3.8) is 0 Å². The maximum Gasteiger partial charge on any atom is 0.235 e. The summed E-state index contributed by atoms with van der Waals surface area (Å²) in [4.78, 5) is 27.2. The summed E-state index contributed by atoms with van der Waals surface area (Å²) in [6.45, 7) is 3.49. The first kappa shape index (κ1) is 20.6. The molecular weight excluding hydrogens is 406 g/mol. The number of carboxylic acid groups (broad SMARTS) is 1. The fraction of sp³-hybridized carbons (Fsp3) is 0.474. The number of carbonyl (C=O) groups is 2. The van der Waals surface area contributed by atoms with E-state index in [0.717, 1.165) is 11.5 Å². The topological polar surface area (TPSA) is 80.7 Å². The van der Waals surface area contributed by atoms with Gasteiger partial charge in [0.05, 0.1) is 29.7 Å². The van der Waals surface area contributed by atoms with Crippen LogP contribution in [0.1, 0.15) is 13.8 Å². The Morgan fingerprint density at radius 1 is 1.41 bits per heavy atom. The standard InChI is InChI=1S/C19H22ClNO4S2/c1-10-15-14(11(2)22)18(23)21(15)16(19(24)25)17(10)26-8-9-27(3)13-6-4-12(20)5-7-13/h4-7,10-11,14-15,22H,8-9H2,1-3H3/t10?,11-,14?,15?,27?/m1/s1. The first-order chi connectivity index (χ1) is 12.7. The molecule has 0 radical (unpaired) electrons. The van der Waals surface area contributed by atoms with Gasteiger partial charge in [-0.1, -0.05) is 18.5 Å². The molecule has 3 rings (SSSR count). The third kappa shape index (κ3) is 3.75. The fourth-order valence-corrected chi connectivity index (χ4v) is 7.00. The molecule has 0 spiro atoms. The van der Waals surface area contributed by atoms with Crippen molar-refractivity contribution in [1.29, 1.82) is 0 Å². The van der Waals surface area contributed by atoms with Gasteiger partial charge in [-0.3, -0.25) is 4.79 Å². The van der Waals surface area contributed by atoms with Crippen molar-refractivity contribution in [2.75, 3.05) is 17.8 Å². The number of aliphatic hydroxyl groups is 1. The highest BCUT2D eigenvalue weighted by atomic mass is 35.5. The second-order valence-corrected chi connectivity index (χ2v) is 10.6. The number of halogens is 1. The van der Waals surface area contributed by atoms with Gasteiger partial charge in [0.15, 0.2) is 4.90 Å². The highest BCUT2D eigenvalue weighted by Crippen LogP contribution is 2.50. The Morgan fingerprint density at radius 2 is 2.04 bits per heavy atom. The Bertz CT molecular complexity index is 780. The molecule has 0 bridgehead atoms. The number of carbonyl (C=O) groups excluding carboxylic acids is 2. The Labute approximate surface area is 171 Å². The molecule has 1 saturated heterocycles. The van der Waals surface area contributed by atoms with Crippen LogP contribution < -0.4 is 5.11 Å². The number of hydrogen-bond acceptors (Lipinski definition) is 5. The molecule has 1 N–H and O–H groups in total. The van der Waals surface area contributed by atoms with E-state index in [2.05, 4.69) is 6.26 Å². The number of fused-ring (bicyclic) bond motifs is 1. The fourth-order valence-electron chi connectivity index (χ4n) is 3.77. The van der Waals surface area contributed by atoms with Crippen LogP contribution in [-0.4, -0.2) is 51.8 Å². The number of amides is 1. The van der Waals surface area contributed by atoms with Crippen molar-refractivity contribution in [3.8, 4) is 0 Å². The van der Waals surface area contributed by atoms with Crippen LogP contribution in [0.25, 0.3) is 0 Å². The summed E-state index contributed by atoms with van der Waals surface area (Å²) in [6.07, 6.45) is 1.36. The monoisotopic (exact) mass is 427 g/mol. The third-order valence-electron chi connectivity index (χ3n) is 5.16. The predicted octanol–water partition coefficient (Wildman–Crippen LogP) is 1.50. The summed E-state index contributed by atoms with van der Waals surface area (Å²) in [7, 11) is 0.0163. The number of thioether (sulfide) groups is 1. The van der Waals surface area contributed by atoms with E-state index in [9.17, 15) is 19.8 Å². The smallest absolute Gasteiger partial charge is 0.235 e. The molecule has 5 nitrogen and oxygen atoms in total. The van der Waals surface area contributed by atoms with Crippen molar-refractivity contribution >= 4 is 46.1 Å². The molecule has 0 saturated carbocycles. The minimum absolute atomic E-state index is 0.0121. The summed E-state index contributed by atoms with van der Waals surface area (Å²) < 4.78 is 0. The SMILES string of the molecule is CC1C(SCC[S+](C)c2ccc(Cl)cc2)=C(C(=O)[O-])N2C(=O)C([C@@H](C)O)C12. The quantitative estimate of drug-likeness (QED) is 0.526. The van der Waals surface area contributed by atoms with Gasteiger partial charge in [-0.25, -0.2) is 0 Å². The van der Waals surface area contributed by atoms with Gasteiger partial charge in [-0.2, -0.15) is 0 Å². The summed E-state index contributed by atoms with van der Waals surface area (Å²) >= 11 is 7.41. The lowest BCUT2D eigenvalue weighted by Gasteiger charge is -2.47. The lowest BCUT2D eigenvalue weighted by Crippen LogP contribution is -2.64. The molecule has 0 aliphatic carbocycles. The predicted molar refractivity (Wildman–Crippen MR) is 107 cm³/mol. The van der Waals surface area contributed by atoms with E-state index in [4.69, 9.17) is 11.6 Å². The van der Waals surface area contributed by atoms with Gasteiger partial charge in [0.25, 0.3) is 0 Å². The molecule has 2 aliphatic rings. The van der Waals surface area contributed by atoms with E-state index in [-0.39, 0.29) is 34.5 Å². The molecule has 1 aromatic carbocycles. The number of hydrogen-bond donors (Lipinski definition) is 1. The van der Waals surface area contributed by atoms with Crippen molar-refractivity contribution in [3.05, 3.63) is 39.9 Å². The zero-order chi connectivity index (χ0) is 19.9. The van der Waals surface area contributed by atoms with E-state index >= 15 is 0 Å². The summed E-state index contributed by atoms with van der Waals surface area (Å²) in [5.74, 6) is -0.671. The first-order valence-corrected chi connectivity index (χ1v) is 11.9. The third-order valence-corrected chi connectivity index (χ3v) is 8.85. The van der Waals surface area contributed by atoms with E-state index in [1.54, 1.807) is 6.92 Å². The number of aliphatic carboxylic acids is 1. The largest absolute Gasteiger partial charge is 0.543 e. The van der Waals surface area contributed by atoms with E-state index < -0.39 is 18.0 Å². The number of rotatable bonds is 7. The van der Waals surface area contributed by atoms with Crippen LogP contribution in [0.2, 0.25) is 5.02 Å². The molecule has 1 aromatic rings. The van der Waals surface area contributed by atoms with Gasteiger partial charge in [0, 0.05) is 32.5 Å². The van der Waals surface area contributed by atoms with Crippen molar-refractivity contribution in [2.45, 2.75) is 30.9 Å². The molecule has 2 heterocycles. The van der Waals surface area contributed by atoms with Crippen molar-refractivity contribution in [1.82, 2.24) is 4.90 Å². The summed E-state index contributed by atoms with van der Waals surface area (Å²) in [6, 6.07) is 7.48. The minimum Gasteiger partial charge on any atom is -0.543 e. The van der Waals surface area contributed by atoms with Crippen LogP contribution in [0.4, 0.5) is 0 Å². The minimum atomic E-state index is -1.32. The highest BCUT2D eigenvalue weighted by molar-refractivity contribution is 8.04. The molecule has 0 aromatic heterocycles.